The number of amides is 2. The Morgan fingerprint density at radius 1 is 1.22 bits per heavy atom. The molecule has 1 aliphatic carbocycles. The number of nitrogens with one attached hydrogen (secondary N) is 2. The first-order chi connectivity index (χ1) is 19.5. The van der Waals surface area contributed by atoms with Crippen molar-refractivity contribution in [1.82, 2.24) is 30.8 Å². The lowest BCUT2D eigenvalue weighted by Gasteiger charge is -2.30. The van der Waals surface area contributed by atoms with Crippen LogP contribution < -0.4 is 5.32 Å². The van der Waals surface area contributed by atoms with Gasteiger partial charge in [-0.1, -0.05) is 30.2 Å². The van der Waals surface area contributed by atoms with Crippen LogP contribution in [0.3, 0.4) is 0 Å². The minimum atomic E-state index is -0.965. The van der Waals surface area contributed by atoms with Crippen molar-refractivity contribution in [3.63, 3.8) is 0 Å². The van der Waals surface area contributed by atoms with E-state index in [1.54, 1.807) is 33.8 Å². The Balaban J connectivity index is 1.84. The molecule has 1 saturated heterocycles. The highest BCUT2D eigenvalue weighted by molar-refractivity contribution is 5.96. The number of rotatable bonds is 15. The molecule has 12 heteroatoms. The number of ether oxygens (including phenoxy) is 2. The summed E-state index contributed by atoms with van der Waals surface area (Å²) in [6.07, 6.45) is 7.21. The summed E-state index contributed by atoms with van der Waals surface area (Å²) < 4.78 is 10.7. The first-order valence-electron chi connectivity index (χ1n) is 14.4. The molecule has 0 radical (unpaired) electrons. The van der Waals surface area contributed by atoms with Gasteiger partial charge in [-0.15, -0.1) is 23.4 Å². The summed E-state index contributed by atoms with van der Waals surface area (Å²) in [6, 6.07) is -1.72. The summed E-state index contributed by atoms with van der Waals surface area (Å²) in [4.78, 5) is 55.0. The van der Waals surface area contributed by atoms with Crippen LogP contribution in [0.15, 0.2) is 25.3 Å². The second-order valence-corrected chi connectivity index (χ2v) is 11.9. The number of carbonyl (C=O) groups excluding carboxylic acids is 4. The number of tetrazole rings is 1. The number of H-pyrrole nitrogens is 1. The molecule has 1 aliphatic heterocycles. The molecular formula is C29H44N6O6. The lowest BCUT2D eigenvalue weighted by Crippen LogP contribution is -2.52. The van der Waals surface area contributed by atoms with Crippen molar-refractivity contribution in [2.75, 3.05) is 13.2 Å². The minimum Gasteiger partial charge on any atom is -0.466 e. The van der Waals surface area contributed by atoms with Crippen LogP contribution in [0.25, 0.3) is 0 Å². The Morgan fingerprint density at radius 3 is 2.56 bits per heavy atom. The van der Waals surface area contributed by atoms with E-state index in [9.17, 15) is 19.2 Å². The Labute approximate surface area is 241 Å². The largest absolute Gasteiger partial charge is 0.466 e. The van der Waals surface area contributed by atoms with E-state index in [2.05, 4.69) is 39.1 Å². The van der Waals surface area contributed by atoms with E-state index in [0.717, 1.165) is 19.3 Å². The number of esters is 1. The fraction of sp³-hybridized carbons (Fsp3) is 0.690. The van der Waals surface area contributed by atoms with Crippen LogP contribution in [-0.4, -0.2) is 80.1 Å². The van der Waals surface area contributed by atoms with Crippen LogP contribution in [0.4, 0.5) is 4.79 Å². The molecule has 12 nitrogen and oxygen atoms in total. The molecule has 2 N–H and O–H groups in total. The monoisotopic (exact) mass is 572 g/mol. The zero-order chi connectivity index (χ0) is 30.2. The number of allylic oxidation sites excluding steroid dienone is 2. The minimum absolute atomic E-state index is 0.0678. The predicted octanol–water partition coefficient (Wildman–Crippen LogP) is 3.63. The number of hydrogen-bond donors (Lipinski definition) is 2. The van der Waals surface area contributed by atoms with Gasteiger partial charge < -0.3 is 19.7 Å². The number of Topliss-reactive ketones (excluding diaryl/α,β-unsaturated/α-hetero) is 1. The fourth-order valence-corrected chi connectivity index (χ4v) is 5.49. The third kappa shape index (κ3) is 8.23. The summed E-state index contributed by atoms with van der Waals surface area (Å²) in [5.41, 5.74) is -1.71. The van der Waals surface area contributed by atoms with Crippen molar-refractivity contribution in [2.45, 2.75) is 103 Å². The van der Waals surface area contributed by atoms with Gasteiger partial charge in [0.15, 0.2) is 11.6 Å². The van der Waals surface area contributed by atoms with Crippen LogP contribution in [0, 0.1) is 11.3 Å². The number of hydrogen-bond acceptors (Lipinski definition) is 9. The highest BCUT2D eigenvalue weighted by Gasteiger charge is 2.61. The maximum absolute atomic E-state index is 14.0. The number of unbranched alkanes of at least 4 members (excludes halogenated alkanes) is 3. The normalized spacial score (nSPS) is 24.3. The molecule has 0 aromatic carbocycles. The van der Waals surface area contributed by atoms with Gasteiger partial charge >= 0.3 is 12.1 Å². The van der Waals surface area contributed by atoms with Gasteiger partial charge in [-0.25, -0.2) is 4.79 Å². The van der Waals surface area contributed by atoms with E-state index in [0.29, 0.717) is 25.1 Å². The van der Waals surface area contributed by atoms with E-state index in [1.807, 2.05) is 6.08 Å². The molecule has 1 saturated carbocycles. The molecule has 41 heavy (non-hydrogen) atoms. The first kappa shape index (κ1) is 32.0. The Morgan fingerprint density at radius 2 is 1.98 bits per heavy atom. The molecule has 0 spiro atoms. The third-order valence-corrected chi connectivity index (χ3v) is 7.66. The summed E-state index contributed by atoms with van der Waals surface area (Å²) in [5.74, 6) is -1.16. The molecule has 0 unspecified atom stereocenters. The molecule has 1 aromatic heterocycles. The standard InChI is InChI=1S/C29H44N6O6/c1-7-10-11-12-13-14-21(30-27(39)41-28(4,5)6)25(37)35-18-19(24-31-33-34-32-24)15-22(35)23(36)17-29(16-20(29)8-2)26(38)40-9-3/h7-8,19-22H,1-2,9-18H2,3-6H3,(H,30,39)(H,31,32,33,34)/t19-,20-,21+,22+,29-/m1/s1. The Bertz CT molecular complexity index is 1100. The number of aromatic nitrogens is 4. The molecule has 2 amide bonds. The van der Waals surface area contributed by atoms with Crippen molar-refractivity contribution in [3.05, 3.63) is 31.1 Å². The summed E-state index contributed by atoms with van der Waals surface area (Å²) in [5, 5.41) is 17.0. The Hall–Kier alpha value is -3.57. The molecule has 226 valence electrons. The van der Waals surface area contributed by atoms with Crippen LogP contribution in [0.2, 0.25) is 0 Å². The average Bonchev–Trinajstić information content (AvgIpc) is 3.24. The molecule has 1 aromatic rings. The fourth-order valence-electron chi connectivity index (χ4n) is 5.49. The second kappa shape index (κ2) is 13.9. The van der Waals surface area contributed by atoms with Crippen molar-refractivity contribution in [1.29, 1.82) is 0 Å². The van der Waals surface area contributed by atoms with Crippen LogP contribution in [0.1, 0.15) is 90.8 Å². The lowest BCUT2D eigenvalue weighted by atomic mass is 9.91. The van der Waals surface area contributed by atoms with Crippen LogP contribution in [-0.2, 0) is 23.9 Å². The maximum Gasteiger partial charge on any atom is 0.408 e. The van der Waals surface area contributed by atoms with Crippen molar-refractivity contribution in [2.24, 2.45) is 11.3 Å². The number of carbonyl (C=O) groups is 4. The second-order valence-electron chi connectivity index (χ2n) is 11.9. The maximum atomic E-state index is 14.0. The quantitative estimate of drug-likeness (QED) is 0.182. The topological polar surface area (TPSA) is 156 Å². The van der Waals surface area contributed by atoms with Gasteiger partial charge in [0.25, 0.3) is 0 Å². The predicted molar refractivity (Wildman–Crippen MR) is 150 cm³/mol. The third-order valence-electron chi connectivity index (χ3n) is 7.66. The summed E-state index contributed by atoms with van der Waals surface area (Å²) >= 11 is 0. The molecule has 2 heterocycles. The van der Waals surface area contributed by atoms with Gasteiger partial charge in [-0.3, -0.25) is 14.4 Å². The summed E-state index contributed by atoms with van der Waals surface area (Å²) in [6.45, 7) is 14.9. The van der Waals surface area contributed by atoms with Crippen LogP contribution >= 0.6 is 0 Å². The number of alkyl carbamates (subject to hydrolysis) is 1. The smallest absolute Gasteiger partial charge is 0.408 e. The van der Waals surface area contributed by atoms with E-state index in [4.69, 9.17) is 9.47 Å². The number of aromatic amines is 1. The first-order valence-corrected chi connectivity index (χ1v) is 14.4. The van der Waals surface area contributed by atoms with Gasteiger partial charge in [0.1, 0.15) is 11.6 Å². The molecule has 3 rings (SSSR count). The highest BCUT2D eigenvalue weighted by atomic mass is 16.6. The van der Waals surface area contributed by atoms with E-state index >= 15 is 0 Å². The number of nitrogens with zero attached hydrogens (tertiary/aromatic N) is 4. The van der Waals surface area contributed by atoms with Crippen molar-refractivity contribution in [3.8, 4) is 0 Å². The van der Waals surface area contributed by atoms with Crippen LogP contribution in [0.5, 0.6) is 0 Å². The zero-order valence-corrected chi connectivity index (χ0v) is 24.7. The number of likely N-dealkylation sites (tertiary alicyclic amines) is 1. The molecule has 5 atom stereocenters. The molecular weight excluding hydrogens is 528 g/mol. The van der Waals surface area contributed by atoms with Gasteiger partial charge in [0, 0.05) is 18.9 Å². The molecule has 2 fully saturated rings. The van der Waals surface area contributed by atoms with E-state index < -0.39 is 35.2 Å². The number of ketones is 1. The zero-order valence-electron chi connectivity index (χ0n) is 24.7. The Kier molecular flexibility index (Phi) is 10.8. The van der Waals surface area contributed by atoms with Gasteiger partial charge in [-0.05, 0) is 65.7 Å². The SMILES string of the molecule is C=CCCCCC[C@H](NC(=O)OC(C)(C)C)C(=O)N1C[C@H](c2nn[nH]n2)C[C@H]1C(=O)C[C@]1(C(=O)OCC)C[C@H]1C=C. The van der Waals surface area contributed by atoms with Gasteiger partial charge in [-0.2, -0.15) is 5.21 Å². The van der Waals surface area contributed by atoms with Crippen molar-refractivity contribution >= 4 is 23.8 Å². The highest BCUT2D eigenvalue weighted by Crippen LogP contribution is 2.57. The lowest BCUT2D eigenvalue weighted by molar-refractivity contribution is -0.152. The van der Waals surface area contributed by atoms with E-state index in [1.165, 1.54) is 4.90 Å². The molecule has 2 aliphatic rings. The van der Waals surface area contributed by atoms with Gasteiger partial charge in [0.2, 0.25) is 5.91 Å². The average molecular weight is 573 g/mol. The van der Waals surface area contributed by atoms with E-state index in [-0.39, 0.29) is 49.5 Å². The summed E-state index contributed by atoms with van der Waals surface area (Å²) in [7, 11) is 0. The van der Waals surface area contributed by atoms with Crippen molar-refractivity contribution < 1.29 is 28.7 Å². The molecule has 0 bridgehead atoms. The van der Waals surface area contributed by atoms with Gasteiger partial charge in [0.05, 0.1) is 18.1 Å².